The molecule has 2 aliphatic heterocycles. The molecule has 64 heavy (non-hydrogen) atoms. The highest BCUT2D eigenvalue weighted by Crippen LogP contribution is 2.39. The molecule has 4 aromatic carbocycles. The molecule has 16 nitrogen and oxygen atoms in total. The van der Waals surface area contributed by atoms with Gasteiger partial charge in [-0.2, -0.15) is 9.97 Å². The quantitative estimate of drug-likeness (QED) is 0.130. The number of ether oxygens (including phenoxy) is 2. The maximum absolute atomic E-state index is 12.7. The number of aromatic nitrogens is 6. The summed E-state index contributed by atoms with van der Waals surface area (Å²) < 4.78 is 65.4. The first-order chi connectivity index (χ1) is 31.0. The van der Waals surface area contributed by atoms with E-state index in [4.69, 9.17) is 29.6 Å². The summed E-state index contributed by atoms with van der Waals surface area (Å²) in [5, 5.41) is 14.0. The van der Waals surface area contributed by atoms with Crippen LogP contribution in [0.3, 0.4) is 0 Å². The highest BCUT2D eigenvalue weighted by molar-refractivity contribution is 7.91. The van der Waals surface area contributed by atoms with Crippen LogP contribution in [0.5, 0.6) is 0 Å². The number of anilines is 6. The summed E-state index contributed by atoms with van der Waals surface area (Å²) in [6.45, 7) is 5.28. The fourth-order valence-electron chi connectivity index (χ4n) is 8.14. The Hall–Kier alpha value is -6.86. The molecule has 0 saturated carbocycles. The number of benzene rings is 4. The third-order valence-corrected chi connectivity index (χ3v) is 13.5. The minimum absolute atomic E-state index is 0.194. The van der Waals surface area contributed by atoms with E-state index in [2.05, 4.69) is 34.1 Å². The molecule has 0 bridgehead atoms. The van der Waals surface area contributed by atoms with Crippen molar-refractivity contribution in [2.75, 3.05) is 84.9 Å². The first-order valence-corrected chi connectivity index (χ1v) is 24.5. The fraction of sp³-hybridized carbons (Fsp3) is 0.217. The molecule has 0 radical (unpaired) electrons. The van der Waals surface area contributed by atoms with Gasteiger partial charge in [0.05, 0.1) is 47.6 Å². The summed E-state index contributed by atoms with van der Waals surface area (Å²) in [6, 6.07) is 37.4. The van der Waals surface area contributed by atoms with Crippen molar-refractivity contribution in [3.05, 3.63) is 134 Å². The summed E-state index contributed by atoms with van der Waals surface area (Å²) >= 11 is 0. The van der Waals surface area contributed by atoms with Crippen molar-refractivity contribution in [3.8, 4) is 22.3 Å². The van der Waals surface area contributed by atoms with Crippen molar-refractivity contribution in [1.82, 2.24) is 29.2 Å². The van der Waals surface area contributed by atoms with Crippen LogP contribution in [-0.2, 0) is 29.1 Å². The number of rotatable bonds is 11. The van der Waals surface area contributed by atoms with E-state index >= 15 is 0 Å². The first-order valence-electron chi connectivity index (χ1n) is 20.8. The molecule has 0 aliphatic carbocycles. The number of nitrogens with zero attached hydrogens (tertiary/aromatic N) is 10. The van der Waals surface area contributed by atoms with Crippen molar-refractivity contribution >= 4 is 65.6 Å². The Morgan fingerprint density at radius 3 is 1.31 bits per heavy atom. The van der Waals surface area contributed by atoms with Gasteiger partial charge in [0.2, 0.25) is 0 Å². The molecule has 0 atom stereocenters. The molecule has 0 spiro atoms. The second-order valence-corrected chi connectivity index (χ2v) is 19.7. The number of morpholine rings is 2. The Bertz CT molecular complexity index is 3040. The Labute approximate surface area is 370 Å². The molecule has 2 fully saturated rings. The molecular weight excluding hydrogens is 853 g/mol. The highest BCUT2D eigenvalue weighted by atomic mass is 32.2. The molecule has 8 aromatic rings. The number of hydrogen-bond donors (Lipinski definition) is 0. The van der Waals surface area contributed by atoms with Gasteiger partial charge in [-0.3, -0.25) is 0 Å². The van der Waals surface area contributed by atoms with Crippen molar-refractivity contribution < 1.29 is 26.3 Å². The van der Waals surface area contributed by atoms with Crippen LogP contribution in [0.25, 0.3) is 33.5 Å². The normalized spacial score (nSPS) is 14.9. The number of pyridine rings is 2. The molecular formula is C46H44N10O6S2. The Balaban J connectivity index is 1.21. The molecule has 0 N–H and O–H groups in total. The molecule has 18 heteroatoms. The number of fused-ring (bicyclic) bond motifs is 2. The molecule has 2 saturated heterocycles. The third-order valence-electron chi connectivity index (χ3n) is 11.3. The molecule has 10 rings (SSSR count). The van der Waals surface area contributed by atoms with Crippen molar-refractivity contribution in [2.24, 2.45) is 0 Å². The lowest BCUT2D eigenvalue weighted by molar-refractivity contribution is 0.122. The zero-order chi connectivity index (χ0) is 44.0. The van der Waals surface area contributed by atoms with Crippen LogP contribution in [0, 0.1) is 0 Å². The van der Waals surface area contributed by atoms with Gasteiger partial charge >= 0.3 is 0 Å². The Morgan fingerprint density at radius 2 is 0.906 bits per heavy atom. The summed E-state index contributed by atoms with van der Waals surface area (Å²) in [5.74, 6) is 0.560. The van der Waals surface area contributed by atoms with E-state index in [1.165, 1.54) is 12.5 Å². The molecule has 6 heterocycles. The van der Waals surface area contributed by atoms with Crippen LogP contribution in [0.15, 0.2) is 144 Å². The van der Waals surface area contributed by atoms with E-state index in [0.717, 1.165) is 11.4 Å². The van der Waals surface area contributed by atoms with Crippen molar-refractivity contribution in [1.29, 1.82) is 0 Å². The standard InChI is InChI=1S/C46H44N10O6S2/c1-63(57,58)39-15-3-9-33(29-39)41-17-7-19-53-43(41)47-45(49-53)55(37-13-5-11-35(31-37)51-21-25-61-26-22-51)56(38-14-6-12-36(32-38)52-23-27-62-28-24-52)46-48-44-42(18-8-20-54(44)50-46)34-10-4-16-40(30-34)64(2,59)60/h3-20,29-32H,21-28H2,1-2H3. The fourth-order valence-corrected chi connectivity index (χ4v) is 9.47. The lowest BCUT2D eigenvalue weighted by atomic mass is 10.1. The van der Waals surface area contributed by atoms with Crippen molar-refractivity contribution in [2.45, 2.75) is 9.79 Å². The summed E-state index contributed by atoms with van der Waals surface area (Å²) in [4.78, 5) is 15.4. The largest absolute Gasteiger partial charge is 0.378 e. The SMILES string of the molecule is CS(=O)(=O)c1cccc(-c2cccn3nc(N(c4cccc(N5CCOCC5)c4)N(c4cccc(N5CCOCC5)c4)c4nc5c(-c6cccc(S(C)(=O)=O)c6)cccn5n4)nc23)c1. The van der Waals surface area contributed by atoms with Crippen LogP contribution in [0.1, 0.15) is 0 Å². The lowest BCUT2D eigenvalue weighted by Crippen LogP contribution is -2.39. The van der Waals surface area contributed by atoms with Gasteiger partial charge in [-0.15, -0.1) is 10.2 Å². The average Bonchev–Trinajstić information content (AvgIpc) is 3.96. The maximum atomic E-state index is 12.7. The average molecular weight is 897 g/mol. The van der Waals surface area contributed by atoms with Crippen molar-refractivity contribution in [3.63, 3.8) is 0 Å². The van der Waals surface area contributed by atoms with E-state index < -0.39 is 19.7 Å². The first kappa shape index (κ1) is 41.2. The van der Waals surface area contributed by atoms with Gasteiger partial charge in [-0.25, -0.2) is 35.9 Å². The van der Waals surface area contributed by atoms with Crippen LogP contribution in [0.2, 0.25) is 0 Å². The van der Waals surface area contributed by atoms with Gasteiger partial charge in [0.25, 0.3) is 11.9 Å². The summed E-state index contributed by atoms with van der Waals surface area (Å²) in [5.41, 5.74) is 7.05. The third kappa shape index (κ3) is 8.11. The second-order valence-electron chi connectivity index (χ2n) is 15.7. The smallest absolute Gasteiger partial charge is 0.269 e. The van der Waals surface area contributed by atoms with E-state index in [0.29, 0.717) is 97.5 Å². The zero-order valence-corrected chi connectivity index (χ0v) is 36.7. The van der Waals surface area contributed by atoms with Gasteiger partial charge < -0.3 is 19.3 Å². The molecule has 0 unspecified atom stereocenters. The van der Waals surface area contributed by atoms with E-state index in [1.807, 2.05) is 83.1 Å². The highest BCUT2D eigenvalue weighted by Gasteiger charge is 2.31. The van der Waals surface area contributed by atoms with Gasteiger partial charge in [0.15, 0.2) is 31.0 Å². The van der Waals surface area contributed by atoms with Gasteiger partial charge in [-0.1, -0.05) is 36.4 Å². The maximum Gasteiger partial charge on any atom is 0.269 e. The second kappa shape index (κ2) is 16.7. The monoisotopic (exact) mass is 896 g/mol. The Kier molecular flexibility index (Phi) is 10.7. The van der Waals surface area contributed by atoms with Gasteiger partial charge in [0, 0.05) is 73.6 Å². The predicted octanol–water partition coefficient (Wildman–Crippen LogP) is 6.48. The molecule has 326 valence electrons. The van der Waals surface area contributed by atoms with E-state index in [1.54, 1.807) is 45.4 Å². The number of hydrazine groups is 1. The predicted molar refractivity (Wildman–Crippen MR) is 246 cm³/mol. The number of sulfone groups is 2. The minimum atomic E-state index is -3.49. The topological polar surface area (TPSA) is 160 Å². The van der Waals surface area contributed by atoms with Crippen LogP contribution in [0.4, 0.5) is 34.6 Å². The van der Waals surface area contributed by atoms with Crippen LogP contribution < -0.4 is 19.8 Å². The van der Waals surface area contributed by atoms with Crippen LogP contribution in [-0.4, -0.2) is 111 Å². The lowest BCUT2D eigenvalue weighted by Gasteiger charge is -2.35. The van der Waals surface area contributed by atoms with Crippen LogP contribution >= 0.6 is 0 Å². The summed E-state index contributed by atoms with van der Waals surface area (Å²) in [7, 11) is -6.98. The van der Waals surface area contributed by atoms with E-state index in [-0.39, 0.29) is 21.7 Å². The van der Waals surface area contributed by atoms with Gasteiger partial charge in [0.1, 0.15) is 0 Å². The molecule has 4 aromatic heterocycles. The summed E-state index contributed by atoms with van der Waals surface area (Å²) in [6.07, 6.45) is 6.00. The minimum Gasteiger partial charge on any atom is -0.378 e. The molecule has 2 aliphatic rings. The zero-order valence-electron chi connectivity index (χ0n) is 35.1. The molecule has 0 amide bonds. The van der Waals surface area contributed by atoms with E-state index in [9.17, 15) is 16.8 Å². The number of hydrogen-bond acceptors (Lipinski definition) is 14. The Morgan fingerprint density at radius 1 is 0.500 bits per heavy atom. The van der Waals surface area contributed by atoms with Gasteiger partial charge in [-0.05, 0) is 96.1 Å².